The molecule has 0 spiro atoms. The van der Waals surface area contributed by atoms with Gasteiger partial charge in [-0.25, -0.2) is 0 Å². The number of unbranched alkanes of at least 4 members (excludes halogenated alkanes) is 14. The molecular formula is C33H48O3. The molecule has 0 saturated heterocycles. The van der Waals surface area contributed by atoms with Gasteiger partial charge in [0, 0.05) is 7.11 Å². The first kappa shape index (κ1) is 28.4. The Morgan fingerprint density at radius 2 is 1.06 bits per heavy atom. The number of ether oxygens (including phenoxy) is 2. The molecule has 1 aliphatic carbocycles. The summed E-state index contributed by atoms with van der Waals surface area (Å²) in [4.78, 5) is 13.5. The minimum absolute atomic E-state index is 0.188. The van der Waals surface area contributed by atoms with Crippen LogP contribution in [0.5, 0.6) is 0 Å². The van der Waals surface area contributed by atoms with Gasteiger partial charge in [-0.3, -0.25) is 4.79 Å². The Hall–Kier alpha value is -2.13. The fourth-order valence-corrected chi connectivity index (χ4v) is 5.74. The smallest absolute Gasteiger partial charge is 0.323 e. The second kappa shape index (κ2) is 15.9. The number of carbonyl (C=O) groups is 1. The molecule has 1 aliphatic rings. The van der Waals surface area contributed by atoms with E-state index in [1.807, 2.05) is 36.4 Å². The van der Waals surface area contributed by atoms with Crippen molar-refractivity contribution in [3.8, 4) is 11.1 Å². The maximum Gasteiger partial charge on any atom is 0.323 e. The first-order valence-corrected chi connectivity index (χ1v) is 14.6. The van der Waals surface area contributed by atoms with E-state index in [4.69, 9.17) is 9.47 Å². The highest BCUT2D eigenvalue weighted by Gasteiger charge is 2.50. The van der Waals surface area contributed by atoms with Crippen molar-refractivity contribution in [2.24, 2.45) is 0 Å². The number of rotatable bonds is 19. The van der Waals surface area contributed by atoms with E-state index in [9.17, 15) is 4.79 Å². The quantitative estimate of drug-likeness (QED) is 0.145. The number of fused-ring (bicyclic) bond motifs is 3. The molecule has 0 saturated carbocycles. The first-order valence-electron chi connectivity index (χ1n) is 14.6. The minimum atomic E-state index is -0.878. The molecule has 2 aromatic carbocycles. The molecule has 36 heavy (non-hydrogen) atoms. The van der Waals surface area contributed by atoms with Crippen LogP contribution in [0.25, 0.3) is 11.1 Å². The van der Waals surface area contributed by atoms with Crippen LogP contribution in [0, 0.1) is 0 Å². The third-order valence-electron chi connectivity index (χ3n) is 7.75. The molecule has 0 radical (unpaired) electrons. The highest BCUT2D eigenvalue weighted by atomic mass is 16.5. The van der Waals surface area contributed by atoms with Gasteiger partial charge in [0.15, 0.2) is 0 Å². The third kappa shape index (κ3) is 7.44. The van der Waals surface area contributed by atoms with Crippen LogP contribution in [0.4, 0.5) is 0 Å². The van der Waals surface area contributed by atoms with Crippen molar-refractivity contribution >= 4 is 5.97 Å². The Balaban J connectivity index is 1.32. The van der Waals surface area contributed by atoms with E-state index < -0.39 is 5.41 Å². The molecule has 2 aromatic rings. The van der Waals surface area contributed by atoms with E-state index in [0.717, 1.165) is 35.1 Å². The lowest BCUT2D eigenvalue weighted by Gasteiger charge is -2.29. The second-order valence-electron chi connectivity index (χ2n) is 10.5. The summed E-state index contributed by atoms with van der Waals surface area (Å²) in [7, 11) is 1.66. The summed E-state index contributed by atoms with van der Waals surface area (Å²) in [6.45, 7) is 3.05. The molecule has 3 nitrogen and oxygen atoms in total. The number of methoxy groups -OCH3 is 1. The van der Waals surface area contributed by atoms with Gasteiger partial charge in [0.1, 0.15) is 5.41 Å². The fraction of sp³-hybridized carbons (Fsp3) is 0.606. The predicted octanol–water partition coefficient (Wildman–Crippen LogP) is 9.01. The van der Waals surface area contributed by atoms with Gasteiger partial charge < -0.3 is 9.47 Å². The molecule has 3 rings (SSSR count). The molecule has 0 atom stereocenters. The van der Waals surface area contributed by atoms with Gasteiger partial charge in [-0.15, -0.1) is 0 Å². The van der Waals surface area contributed by atoms with Crippen molar-refractivity contribution in [2.75, 3.05) is 20.3 Å². The highest BCUT2D eigenvalue weighted by Crippen LogP contribution is 2.49. The lowest BCUT2D eigenvalue weighted by molar-refractivity contribution is -0.151. The number of esters is 1. The Bertz CT molecular complexity index is 858. The summed E-state index contributed by atoms with van der Waals surface area (Å²) < 4.78 is 11.5. The van der Waals surface area contributed by atoms with Crippen molar-refractivity contribution in [3.05, 3.63) is 59.7 Å². The molecule has 0 N–H and O–H groups in total. The molecule has 0 aliphatic heterocycles. The van der Waals surface area contributed by atoms with Crippen molar-refractivity contribution in [3.63, 3.8) is 0 Å². The SMILES string of the molecule is CCCCCCCCCCCCCCCCCOC(=O)C1(COC)c2ccccc2-c2ccccc21. The van der Waals surface area contributed by atoms with Crippen LogP contribution in [-0.4, -0.2) is 26.3 Å². The molecule has 3 heteroatoms. The Kier molecular flexibility index (Phi) is 12.5. The Labute approximate surface area is 220 Å². The van der Waals surface area contributed by atoms with Crippen LogP contribution in [0.2, 0.25) is 0 Å². The molecule has 0 amide bonds. The summed E-state index contributed by atoms with van der Waals surface area (Å²) in [5, 5.41) is 0. The third-order valence-corrected chi connectivity index (χ3v) is 7.75. The number of carbonyl (C=O) groups excluding carboxylic acids is 1. The number of benzene rings is 2. The highest BCUT2D eigenvalue weighted by molar-refractivity contribution is 5.98. The van der Waals surface area contributed by atoms with Gasteiger partial charge in [0.25, 0.3) is 0 Å². The van der Waals surface area contributed by atoms with Gasteiger partial charge in [0.2, 0.25) is 0 Å². The molecule has 0 aromatic heterocycles. The van der Waals surface area contributed by atoms with Crippen LogP contribution in [0.3, 0.4) is 0 Å². The standard InChI is InChI=1S/C33H48O3/c1-3-4-5-6-7-8-9-10-11-12-13-14-15-16-21-26-36-32(34)33(27-35-2)30-24-19-17-22-28(30)29-23-18-20-25-31(29)33/h17-20,22-25H,3-16,21,26-27H2,1-2H3. The average molecular weight is 493 g/mol. The largest absolute Gasteiger partial charge is 0.465 e. The van der Waals surface area contributed by atoms with Crippen molar-refractivity contribution in [1.82, 2.24) is 0 Å². The number of hydrogen-bond acceptors (Lipinski definition) is 3. The zero-order chi connectivity index (χ0) is 25.5. The van der Waals surface area contributed by atoms with Crippen molar-refractivity contribution < 1.29 is 14.3 Å². The van der Waals surface area contributed by atoms with Crippen LogP contribution in [0.15, 0.2) is 48.5 Å². The average Bonchev–Trinajstić information content (AvgIpc) is 3.19. The first-order chi connectivity index (χ1) is 17.8. The van der Waals surface area contributed by atoms with Gasteiger partial charge in [-0.2, -0.15) is 0 Å². The summed E-state index contributed by atoms with van der Waals surface area (Å²) >= 11 is 0. The second-order valence-corrected chi connectivity index (χ2v) is 10.5. The van der Waals surface area contributed by atoms with Crippen molar-refractivity contribution in [2.45, 2.75) is 109 Å². The van der Waals surface area contributed by atoms with Crippen LogP contribution in [0.1, 0.15) is 114 Å². The molecule has 0 fully saturated rings. The molecule has 0 unspecified atom stereocenters. The fourth-order valence-electron chi connectivity index (χ4n) is 5.74. The van der Waals surface area contributed by atoms with E-state index in [0.29, 0.717) is 13.2 Å². The monoisotopic (exact) mass is 492 g/mol. The zero-order valence-corrected chi connectivity index (χ0v) is 22.9. The minimum Gasteiger partial charge on any atom is -0.465 e. The van der Waals surface area contributed by atoms with E-state index >= 15 is 0 Å². The van der Waals surface area contributed by atoms with Gasteiger partial charge in [0.05, 0.1) is 13.2 Å². The summed E-state index contributed by atoms with van der Waals surface area (Å²) in [5.41, 5.74) is 3.32. The lowest BCUT2D eigenvalue weighted by atomic mass is 9.79. The van der Waals surface area contributed by atoms with Crippen LogP contribution >= 0.6 is 0 Å². The maximum atomic E-state index is 13.5. The Morgan fingerprint density at radius 1 is 0.639 bits per heavy atom. The topological polar surface area (TPSA) is 35.5 Å². The molecule has 198 valence electrons. The number of hydrogen-bond donors (Lipinski definition) is 0. The van der Waals surface area contributed by atoms with E-state index in [-0.39, 0.29) is 5.97 Å². The van der Waals surface area contributed by atoms with Crippen LogP contribution in [-0.2, 0) is 19.7 Å². The molecule has 0 heterocycles. The zero-order valence-electron chi connectivity index (χ0n) is 22.9. The molecular weight excluding hydrogens is 444 g/mol. The summed E-state index contributed by atoms with van der Waals surface area (Å²) in [5.74, 6) is -0.188. The summed E-state index contributed by atoms with van der Waals surface area (Å²) in [6, 6.07) is 16.3. The summed E-state index contributed by atoms with van der Waals surface area (Å²) in [6.07, 6.45) is 19.9. The van der Waals surface area contributed by atoms with E-state index in [1.54, 1.807) is 7.11 Å². The maximum absolute atomic E-state index is 13.5. The Morgan fingerprint density at radius 3 is 1.50 bits per heavy atom. The van der Waals surface area contributed by atoms with Gasteiger partial charge >= 0.3 is 5.97 Å². The van der Waals surface area contributed by atoms with Crippen molar-refractivity contribution in [1.29, 1.82) is 0 Å². The lowest BCUT2D eigenvalue weighted by Crippen LogP contribution is -2.41. The van der Waals surface area contributed by atoms with Gasteiger partial charge in [-0.05, 0) is 28.7 Å². The van der Waals surface area contributed by atoms with E-state index in [2.05, 4.69) is 19.1 Å². The predicted molar refractivity (Wildman–Crippen MR) is 150 cm³/mol. The van der Waals surface area contributed by atoms with Gasteiger partial charge in [-0.1, -0.05) is 145 Å². The van der Waals surface area contributed by atoms with E-state index in [1.165, 1.54) is 83.5 Å². The molecule has 0 bridgehead atoms. The normalized spacial score (nSPS) is 13.4. The van der Waals surface area contributed by atoms with Crippen LogP contribution < -0.4 is 0 Å².